The molecule has 0 fully saturated rings. The van der Waals surface area contributed by atoms with Crippen LogP contribution in [0.15, 0.2) is 55.2 Å². The van der Waals surface area contributed by atoms with Crippen molar-refractivity contribution in [1.82, 2.24) is 19.5 Å². The zero-order chi connectivity index (χ0) is 16.8. The summed E-state index contributed by atoms with van der Waals surface area (Å²) in [6.45, 7) is 2.70. The molecular formula is C18H20N4O2. The van der Waals surface area contributed by atoms with E-state index >= 15 is 0 Å². The number of imidazole rings is 1. The Morgan fingerprint density at radius 2 is 1.96 bits per heavy atom. The minimum Gasteiger partial charge on any atom is -0.491 e. The Kier molecular flexibility index (Phi) is 5.18. The Morgan fingerprint density at radius 1 is 1.12 bits per heavy atom. The standard InChI is InChI=1S/C18H20N4O2/c1-2-14-3-5-16(6-4-14)24-13-15(23)12-22-10-9-21-18(22)17-11-19-7-8-20-17/h3-11,15,23H,2,12-13H2,1H3. The first-order valence-corrected chi connectivity index (χ1v) is 7.93. The van der Waals surface area contributed by atoms with Crippen molar-refractivity contribution in [3.63, 3.8) is 0 Å². The minimum atomic E-state index is -0.652. The molecule has 0 saturated carbocycles. The summed E-state index contributed by atoms with van der Waals surface area (Å²) in [5, 5.41) is 10.2. The number of rotatable bonds is 7. The second-order valence-electron chi connectivity index (χ2n) is 5.46. The van der Waals surface area contributed by atoms with Gasteiger partial charge in [-0.2, -0.15) is 0 Å². The lowest BCUT2D eigenvalue weighted by molar-refractivity contribution is 0.0928. The summed E-state index contributed by atoms with van der Waals surface area (Å²) in [5.41, 5.74) is 1.93. The summed E-state index contributed by atoms with van der Waals surface area (Å²) in [6.07, 6.45) is 8.72. The number of benzene rings is 1. The lowest BCUT2D eigenvalue weighted by atomic mass is 10.2. The summed E-state index contributed by atoms with van der Waals surface area (Å²) < 4.78 is 7.50. The maximum Gasteiger partial charge on any atom is 0.160 e. The quantitative estimate of drug-likeness (QED) is 0.722. The lowest BCUT2D eigenvalue weighted by Crippen LogP contribution is -2.23. The van der Waals surface area contributed by atoms with E-state index in [4.69, 9.17) is 4.74 Å². The summed E-state index contributed by atoms with van der Waals surface area (Å²) >= 11 is 0. The Labute approximate surface area is 140 Å². The molecule has 1 atom stereocenters. The Morgan fingerprint density at radius 3 is 2.67 bits per heavy atom. The lowest BCUT2D eigenvalue weighted by Gasteiger charge is -2.14. The van der Waals surface area contributed by atoms with Gasteiger partial charge in [0, 0.05) is 24.8 Å². The van der Waals surface area contributed by atoms with Gasteiger partial charge in [0.25, 0.3) is 0 Å². The van der Waals surface area contributed by atoms with Crippen molar-refractivity contribution < 1.29 is 9.84 Å². The predicted molar refractivity (Wildman–Crippen MR) is 90.6 cm³/mol. The molecule has 1 unspecified atom stereocenters. The molecule has 0 saturated heterocycles. The fourth-order valence-corrected chi connectivity index (χ4v) is 2.40. The average Bonchev–Trinajstić information content (AvgIpc) is 3.09. The van der Waals surface area contributed by atoms with Crippen LogP contribution in [0.1, 0.15) is 12.5 Å². The van der Waals surface area contributed by atoms with Gasteiger partial charge in [-0.15, -0.1) is 0 Å². The third-order valence-corrected chi connectivity index (χ3v) is 3.69. The molecule has 0 aliphatic carbocycles. The molecule has 2 heterocycles. The molecule has 0 radical (unpaired) electrons. The van der Waals surface area contributed by atoms with Crippen LogP contribution in [0.3, 0.4) is 0 Å². The first-order chi connectivity index (χ1) is 11.8. The van der Waals surface area contributed by atoms with E-state index in [2.05, 4.69) is 21.9 Å². The second-order valence-corrected chi connectivity index (χ2v) is 5.46. The normalized spacial score (nSPS) is 12.1. The summed E-state index contributed by atoms with van der Waals surface area (Å²) in [7, 11) is 0. The zero-order valence-corrected chi connectivity index (χ0v) is 13.5. The highest BCUT2D eigenvalue weighted by atomic mass is 16.5. The first kappa shape index (κ1) is 16.1. The molecular weight excluding hydrogens is 304 g/mol. The van der Waals surface area contributed by atoms with E-state index in [-0.39, 0.29) is 6.61 Å². The highest BCUT2D eigenvalue weighted by Crippen LogP contribution is 2.15. The van der Waals surface area contributed by atoms with Gasteiger partial charge in [-0.3, -0.25) is 4.98 Å². The molecule has 1 N–H and O–H groups in total. The topological polar surface area (TPSA) is 73.1 Å². The fraction of sp³-hybridized carbons (Fsp3) is 0.278. The average molecular weight is 324 g/mol. The predicted octanol–water partition coefficient (Wildman–Crippen LogP) is 2.34. The zero-order valence-electron chi connectivity index (χ0n) is 13.5. The second kappa shape index (κ2) is 7.70. The molecule has 6 heteroatoms. The van der Waals surface area contributed by atoms with Crippen molar-refractivity contribution in [3.8, 4) is 17.3 Å². The number of nitrogens with zero attached hydrogens (tertiary/aromatic N) is 4. The number of aryl methyl sites for hydroxylation is 1. The van der Waals surface area contributed by atoms with Gasteiger partial charge in [-0.25, -0.2) is 9.97 Å². The SMILES string of the molecule is CCc1ccc(OCC(O)Cn2ccnc2-c2cnccn2)cc1. The molecule has 1 aromatic carbocycles. The molecule has 0 aliphatic heterocycles. The first-order valence-electron chi connectivity index (χ1n) is 7.93. The van der Waals surface area contributed by atoms with E-state index in [1.165, 1.54) is 5.56 Å². The molecule has 2 aromatic heterocycles. The van der Waals surface area contributed by atoms with Crippen LogP contribution in [-0.2, 0) is 13.0 Å². The van der Waals surface area contributed by atoms with E-state index in [9.17, 15) is 5.11 Å². The van der Waals surface area contributed by atoms with Crippen molar-refractivity contribution in [1.29, 1.82) is 0 Å². The van der Waals surface area contributed by atoms with Gasteiger partial charge >= 0.3 is 0 Å². The molecule has 3 rings (SSSR count). The fourth-order valence-electron chi connectivity index (χ4n) is 2.40. The van der Waals surface area contributed by atoms with Crippen LogP contribution in [-0.4, -0.2) is 37.3 Å². The largest absolute Gasteiger partial charge is 0.491 e. The van der Waals surface area contributed by atoms with E-state index in [1.807, 2.05) is 35.0 Å². The monoisotopic (exact) mass is 324 g/mol. The van der Waals surface area contributed by atoms with Crippen LogP contribution in [0.2, 0.25) is 0 Å². The van der Waals surface area contributed by atoms with E-state index in [1.54, 1.807) is 24.8 Å². The van der Waals surface area contributed by atoms with Gasteiger partial charge < -0.3 is 14.4 Å². The number of ether oxygens (including phenoxy) is 1. The van der Waals surface area contributed by atoms with Crippen molar-refractivity contribution >= 4 is 0 Å². The highest BCUT2D eigenvalue weighted by Gasteiger charge is 2.12. The minimum absolute atomic E-state index is 0.212. The molecule has 0 bridgehead atoms. The van der Waals surface area contributed by atoms with Crippen LogP contribution in [0.5, 0.6) is 5.75 Å². The molecule has 0 aliphatic rings. The number of aromatic nitrogens is 4. The van der Waals surface area contributed by atoms with Crippen LogP contribution in [0.4, 0.5) is 0 Å². The van der Waals surface area contributed by atoms with Gasteiger partial charge in [0.05, 0.1) is 12.7 Å². The molecule has 24 heavy (non-hydrogen) atoms. The summed E-state index contributed by atoms with van der Waals surface area (Å²) in [6, 6.07) is 7.91. The third kappa shape index (κ3) is 3.97. The van der Waals surface area contributed by atoms with Gasteiger partial charge in [0.2, 0.25) is 0 Å². The maximum absolute atomic E-state index is 10.2. The Bertz CT molecular complexity index is 756. The smallest absolute Gasteiger partial charge is 0.160 e. The Balaban J connectivity index is 1.59. The van der Waals surface area contributed by atoms with E-state index < -0.39 is 6.10 Å². The molecule has 0 amide bonds. The van der Waals surface area contributed by atoms with Crippen molar-refractivity contribution in [2.45, 2.75) is 26.0 Å². The molecule has 3 aromatic rings. The Hall–Kier alpha value is -2.73. The maximum atomic E-state index is 10.2. The van der Waals surface area contributed by atoms with Crippen LogP contribution < -0.4 is 4.74 Å². The van der Waals surface area contributed by atoms with Crippen molar-refractivity contribution in [2.24, 2.45) is 0 Å². The van der Waals surface area contributed by atoms with E-state index in [0.717, 1.165) is 12.2 Å². The number of aliphatic hydroxyl groups excluding tert-OH is 1. The van der Waals surface area contributed by atoms with Crippen molar-refractivity contribution in [2.75, 3.05) is 6.61 Å². The van der Waals surface area contributed by atoms with Gasteiger partial charge in [-0.1, -0.05) is 19.1 Å². The highest BCUT2D eigenvalue weighted by molar-refractivity contribution is 5.47. The number of hydrogen-bond acceptors (Lipinski definition) is 5. The van der Waals surface area contributed by atoms with Crippen LogP contribution in [0.25, 0.3) is 11.5 Å². The van der Waals surface area contributed by atoms with Gasteiger partial charge in [0.1, 0.15) is 24.2 Å². The van der Waals surface area contributed by atoms with Crippen molar-refractivity contribution in [3.05, 3.63) is 60.8 Å². The van der Waals surface area contributed by atoms with Crippen LogP contribution >= 0.6 is 0 Å². The van der Waals surface area contributed by atoms with Gasteiger partial charge in [-0.05, 0) is 24.1 Å². The van der Waals surface area contributed by atoms with Gasteiger partial charge in [0.15, 0.2) is 5.82 Å². The van der Waals surface area contributed by atoms with E-state index in [0.29, 0.717) is 18.1 Å². The summed E-state index contributed by atoms with van der Waals surface area (Å²) in [5.74, 6) is 1.43. The molecule has 124 valence electrons. The summed E-state index contributed by atoms with van der Waals surface area (Å²) in [4.78, 5) is 12.6. The third-order valence-electron chi connectivity index (χ3n) is 3.69. The number of aliphatic hydroxyl groups is 1. The number of hydrogen-bond donors (Lipinski definition) is 1. The molecule has 6 nitrogen and oxygen atoms in total. The molecule has 0 spiro atoms. The van der Waals surface area contributed by atoms with Crippen LogP contribution in [0, 0.1) is 0 Å².